The number of thioether (sulfide) groups is 1. The number of benzene rings is 2. The number of carboxylic acid groups (broad SMARTS) is 1. The van der Waals surface area contributed by atoms with Crippen molar-refractivity contribution in [3.63, 3.8) is 0 Å². The summed E-state index contributed by atoms with van der Waals surface area (Å²) in [6.07, 6.45) is 1.92. The van der Waals surface area contributed by atoms with E-state index < -0.39 is 5.97 Å². The predicted octanol–water partition coefficient (Wildman–Crippen LogP) is 5.64. The van der Waals surface area contributed by atoms with Gasteiger partial charge in [-0.25, -0.2) is 9.79 Å². The van der Waals surface area contributed by atoms with Crippen LogP contribution in [0.2, 0.25) is 0 Å². The largest absolute Gasteiger partial charge is 0.478 e. The molecule has 7 heteroatoms. The molecule has 6 nitrogen and oxygen atoms in total. The number of carboxylic acids is 1. The van der Waals surface area contributed by atoms with Crippen molar-refractivity contribution in [1.29, 1.82) is 0 Å². The van der Waals surface area contributed by atoms with E-state index in [1.807, 2.05) is 6.08 Å². The molecule has 3 aromatic rings. The quantitative estimate of drug-likeness (QED) is 0.512. The third-order valence-electron chi connectivity index (χ3n) is 5.56. The number of amides is 1. The van der Waals surface area contributed by atoms with Gasteiger partial charge in [0.05, 0.1) is 16.2 Å². The van der Waals surface area contributed by atoms with Gasteiger partial charge in [-0.1, -0.05) is 6.07 Å². The zero-order valence-electron chi connectivity index (χ0n) is 19.2. The molecule has 1 aliphatic heterocycles. The lowest BCUT2D eigenvalue weighted by molar-refractivity contribution is -0.121. The molecule has 0 bridgehead atoms. The molecule has 1 saturated heterocycles. The first kappa shape index (κ1) is 22.6. The monoisotopic (exact) mass is 459 g/mol. The minimum absolute atomic E-state index is 0.114. The van der Waals surface area contributed by atoms with Crippen LogP contribution in [0.15, 0.2) is 58.4 Å². The van der Waals surface area contributed by atoms with Crippen LogP contribution in [0.25, 0.3) is 11.8 Å². The molecule has 0 unspecified atom stereocenters. The number of hydrogen-bond acceptors (Lipinski definition) is 4. The summed E-state index contributed by atoms with van der Waals surface area (Å²) in [6.45, 7) is 8.31. The van der Waals surface area contributed by atoms with Gasteiger partial charge in [0, 0.05) is 24.1 Å². The van der Waals surface area contributed by atoms with Crippen LogP contribution in [0.3, 0.4) is 0 Å². The topological polar surface area (TPSA) is 74.9 Å². The first-order valence-electron chi connectivity index (χ1n) is 10.5. The Hall–Kier alpha value is -3.58. The summed E-state index contributed by atoms with van der Waals surface area (Å²) >= 11 is 1.31. The van der Waals surface area contributed by atoms with Crippen molar-refractivity contribution >= 4 is 40.6 Å². The Morgan fingerprint density at radius 3 is 2.24 bits per heavy atom. The van der Waals surface area contributed by atoms with Gasteiger partial charge >= 0.3 is 5.97 Å². The Labute approximate surface area is 197 Å². The van der Waals surface area contributed by atoms with Crippen LogP contribution in [0.4, 0.5) is 5.69 Å². The van der Waals surface area contributed by atoms with Crippen molar-refractivity contribution in [2.75, 3.05) is 7.05 Å². The summed E-state index contributed by atoms with van der Waals surface area (Å²) in [5.74, 6) is -1.10. The van der Waals surface area contributed by atoms with E-state index in [0.717, 1.165) is 22.6 Å². The zero-order chi connectivity index (χ0) is 23.9. The highest BCUT2D eigenvalue weighted by atomic mass is 32.2. The van der Waals surface area contributed by atoms with Crippen molar-refractivity contribution in [3.05, 3.63) is 87.1 Å². The van der Waals surface area contributed by atoms with Crippen LogP contribution < -0.4 is 0 Å². The second-order valence-corrected chi connectivity index (χ2v) is 9.24. The lowest BCUT2D eigenvalue weighted by Crippen LogP contribution is -2.23. The Bertz CT molecular complexity index is 1310. The van der Waals surface area contributed by atoms with Crippen molar-refractivity contribution in [2.24, 2.45) is 4.99 Å². The van der Waals surface area contributed by atoms with E-state index in [9.17, 15) is 9.59 Å². The number of hydrogen-bond donors (Lipinski definition) is 1. The maximum Gasteiger partial charge on any atom is 0.335 e. The first-order valence-corrected chi connectivity index (χ1v) is 11.3. The van der Waals surface area contributed by atoms with Crippen LogP contribution in [-0.2, 0) is 4.79 Å². The fraction of sp³-hybridized carbons (Fsp3) is 0.192. The van der Waals surface area contributed by atoms with E-state index in [4.69, 9.17) is 5.11 Å². The molecule has 0 atom stereocenters. The van der Waals surface area contributed by atoms with E-state index in [-0.39, 0.29) is 11.5 Å². The fourth-order valence-electron chi connectivity index (χ4n) is 3.99. The highest BCUT2D eigenvalue weighted by Gasteiger charge is 2.30. The second-order valence-electron chi connectivity index (χ2n) is 8.23. The number of aromatic carboxylic acids is 1. The lowest BCUT2D eigenvalue weighted by Gasteiger charge is -2.12. The number of amidine groups is 1. The van der Waals surface area contributed by atoms with Crippen molar-refractivity contribution in [2.45, 2.75) is 27.7 Å². The highest BCUT2D eigenvalue weighted by Crippen LogP contribution is 2.34. The second kappa shape index (κ2) is 8.75. The molecule has 1 N–H and O–H groups in total. The molecule has 0 radical (unpaired) electrons. The third kappa shape index (κ3) is 4.50. The van der Waals surface area contributed by atoms with E-state index in [2.05, 4.69) is 61.5 Å². The van der Waals surface area contributed by atoms with Gasteiger partial charge in [-0.3, -0.25) is 9.69 Å². The summed E-state index contributed by atoms with van der Waals surface area (Å²) in [4.78, 5) is 30.6. The van der Waals surface area contributed by atoms with Crippen LogP contribution in [0, 0.1) is 27.7 Å². The molecule has 2 aromatic carbocycles. The number of aromatic nitrogens is 1. The predicted molar refractivity (Wildman–Crippen MR) is 134 cm³/mol. The Balaban J connectivity index is 1.66. The van der Waals surface area contributed by atoms with Gasteiger partial charge in [0.1, 0.15) is 0 Å². The molecule has 1 aromatic heterocycles. The van der Waals surface area contributed by atoms with E-state index in [1.165, 1.54) is 39.9 Å². The van der Waals surface area contributed by atoms with Crippen LogP contribution in [-0.4, -0.2) is 38.7 Å². The number of carbonyl (C=O) groups excluding carboxylic acids is 1. The van der Waals surface area contributed by atoms with E-state index in [0.29, 0.717) is 15.8 Å². The summed E-state index contributed by atoms with van der Waals surface area (Å²) in [7, 11) is 1.69. The van der Waals surface area contributed by atoms with Crippen LogP contribution in [0.5, 0.6) is 0 Å². The standard InChI is InChI=1S/C26H25N3O3S/c1-15-10-16(2)12-22(11-15)29-17(3)13-20(18(29)4)14-23-24(30)28(5)26(33-23)27-21-8-6-19(7-9-21)25(31)32/h6-14H,1-5H3,(H,31,32)/b23-14-,27-26?. The third-order valence-corrected chi connectivity index (χ3v) is 6.62. The molecule has 4 rings (SSSR count). The van der Waals surface area contributed by atoms with Gasteiger partial charge in [0.15, 0.2) is 5.17 Å². The summed E-state index contributed by atoms with van der Waals surface area (Å²) < 4.78 is 2.21. The number of aliphatic imine (C=N–C) groups is 1. The average molecular weight is 460 g/mol. The SMILES string of the molecule is Cc1cc(C)cc(-n2c(C)cc(/C=C3\SC(=Nc4ccc(C(=O)O)cc4)N(C)C3=O)c2C)c1. The smallest absolute Gasteiger partial charge is 0.335 e. The highest BCUT2D eigenvalue weighted by molar-refractivity contribution is 8.18. The number of rotatable bonds is 4. The molecule has 1 fully saturated rings. The molecule has 0 spiro atoms. The first-order chi connectivity index (χ1) is 15.6. The number of aryl methyl sites for hydroxylation is 3. The van der Waals surface area contributed by atoms with Crippen molar-refractivity contribution in [1.82, 2.24) is 9.47 Å². The minimum atomic E-state index is -0.986. The van der Waals surface area contributed by atoms with Crippen LogP contribution >= 0.6 is 11.8 Å². The maximum absolute atomic E-state index is 12.9. The number of carbonyl (C=O) groups is 2. The van der Waals surface area contributed by atoms with Gasteiger partial charge in [0.25, 0.3) is 5.91 Å². The molecule has 33 heavy (non-hydrogen) atoms. The summed E-state index contributed by atoms with van der Waals surface area (Å²) in [5.41, 5.74) is 7.47. The van der Waals surface area contributed by atoms with E-state index in [1.54, 1.807) is 19.2 Å². The summed E-state index contributed by atoms with van der Waals surface area (Å²) in [6, 6.07) is 14.8. The van der Waals surface area contributed by atoms with Gasteiger partial charge in [-0.05, 0) is 105 Å². The Morgan fingerprint density at radius 1 is 1.00 bits per heavy atom. The fourth-order valence-corrected chi connectivity index (χ4v) is 4.97. The van der Waals surface area contributed by atoms with E-state index >= 15 is 0 Å². The molecule has 0 aliphatic carbocycles. The van der Waals surface area contributed by atoms with Crippen LogP contribution in [0.1, 0.15) is 38.4 Å². The molecule has 1 aliphatic rings. The van der Waals surface area contributed by atoms with Crippen molar-refractivity contribution in [3.8, 4) is 5.69 Å². The molecule has 0 saturated carbocycles. The zero-order valence-corrected chi connectivity index (χ0v) is 20.0. The number of nitrogens with zero attached hydrogens (tertiary/aromatic N) is 3. The normalized spacial score (nSPS) is 16.3. The lowest BCUT2D eigenvalue weighted by atomic mass is 10.1. The number of likely N-dealkylation sites (N-methyl/N-ethyl adjacent to an activating group) is 1. The molecule has 2 heterocycles. The molecular weight excluding hydrogens is 434 g/mol. The minimum Gasteiger partial charge on any atom is -0.478 e. The average Bonchev–Trinajstić information content (AvgIpc) is 3.17. The molecule has 168 valence electrons. The van der Waals surface area contributed by atoms with Gasteiger partial charge < -0.3 is 9.67 Å². The maximum atomic E-state index is 12.9. The molecular formula is C26H25N3O3S. The summed E-state index contributed by atoms with van der Waals surface area (Å²) in [5, 5.41) is 9.61. The Kier molecular flexibility index (Phi) is 5.99. The van der Waals surface area contributed by atoms with Gasteiger partial charge in [0.2, 0.25) is 0 Å². The van der Waals surface area contributed by atoms with Gasteiger partial charge in [-0.2, -0.15) is 0 Å². The molecule has 1 amide bonds. The van der Waals surface area contributed by atoms with Gasteiger partial charge in [-0.15, -0.1) is 0 Å². The van der Waals surface area contributed by atoms with Crippen molar-refractivity contribution < 1.29 is 14.7 Å². The Morgan fingerprint density at radius 2 is 1.64 bits per heavy atom.